The van der Waals surface area contributed by atoms with E-state index in [0.29, 0.717) is 5.01 Å². The Bertz CT molecular complexity index is 709. The molecule has 0 amide bonds. The fourth-order valence-electron chi connectivity index (χ4n) is 1.68. The van der Waals surface area contributed by atoms with Crippen molar-refractivity contribution in [3.8, 4) is 10.7 Å². The minimum absolute atomic E-state index is 0.0663. The van der Waals surface area contributed by atoms with Crippen LogP contribution in [0, 0.1) is 6.92 Å². The maximum Gasteiger partial charge on any atom is 0.355 e. The first kappa shape index (κ1) is 10.0. The molecule has 0 saturated heterocycles. The van der Waals surface area contributed by atoms with Gasteiger partial charge in [-0.15, -0.1) is 11.3 Å². The summed E-state index contributed by atoms with van der Waals surface area (Å²) in [4.78, 5) is 22.1. The molecule has 0 unspecified atom stereocenters. The van der Waals surface area contributed by atoms with Crippen LogP contribution >= 0.6 is 11.3 Å². The minimum Gasteiger partial charge on any atom is -0.476 e. The summed E-state index contributed by atoms with van der Waals surface area (Å²) < 4.78 is 1.90. The number of imidazole rings is 2. The SMILES string of the molecule is Cc1c(-c2nc(C(=O)O)cs2)[nH]c2nccn12. The lowest BCUT2D eigenvalue weighted by Gasteiger charge is -1.93. The lowest BCUT2D eigenvalue weighted by atomic mass is 10.3. The van der Waals surface area contributed by atoms with E-state index >= 15 is 0 Å². The normalized spacial score (nSPS) is 11.1. The molecule has 3 aromatic rings. The average molecular weight is 248 g/mol. The van der Waals surface area contributed by atoms with Crippen molar-refractivity contribution in [2.75, 3.05) is 0 Å². The van der Waals surface area contributed by atoms with Crippen LogP contribution in [0.4, 0.5) is 0 Å². The summed E-state index contributed by atoms with van der Waals surface area (Å²) in [6, 6.07) is 0. The number of nitrogens with one attached hydrogen (secondary N) is 1. The van der Waals surface area contributed by atoms with Gasteiger partial charge in [0.1, 0.15) is 5.01 Å². The molecule has 0 aliphatic rings. The molecule has 0 spiro atoms. The standard InChI is InChI=1S/C10H8N4O2S/c1-5-7(13-10-11-2-3-14(5)10)8-12-6(4-17-8)9(15)16/h2-4H,1H3,(H,11,13)(H,15,16). The van der Waals surface area contributed by atoms with Crippen LogP contribution in [0.25, 0.3) is 16.5 Å². The van der Waals surface area contributed by atoms with Crippen LogP contribution in [-0.4, -0.2) is 30.4 Å². The molecule has 86 valence electrons. The molecule has 0 aromatic carbocycles. The number of thiazole rings is 1. The number of H-pyrrole nitrogens is 1. The summed E-state index contributed by atoms with van der Waals surface area (Å²) >= 11 is 1.30. The summed E-state index contributed by atoms with van der Waals surface area (Å²) in [5.74, 6) is -0.286. The molecule has 0 aliphatic carbocycles. The number of aromatic carboxylic acids is 1. The van der Waals surface area contributed by atoms with Crippen LogP contribution < -0.4 is 0 Å². The molecule has 3 heterocycles. The predicted octanol–water partition coefficient (Wildman–Crippen LogP) is 1.79. The highest BCUT2D eigenvalue weighted by molar-refractivity contribution is 7.13. The summed E-state index contributed by atoms with van der Waals surface area (Å²) in [6.07, 6.45) is 3.55. The molecule has 3 aromatic heterocycles. The first-order chi connectivity index (χ1) is 8.16. The van der Waals surface area contributed by atoms with E-state index in [0.717, 1.165) is 17.2 Å². The number of aryl methyl sites for hydroxylation is 1. The van der Waals surface area contributed by atoms with Gasteiger partial charge in [-0.25, -0.2) is 14.8 Å². The smallest absolute Gasteiger partial charge is 0.355 e. The molecule has 0 saturated carbocycles. The number of carboxylic acid groups (broad SMARTS) is 1. The Kier molecular flexibility index (Phi) is 2.02. The number of carboxylic acids is 1. The maximum absolute atomic E-state index is 10.8. The second-order valence-corrected chi connectivity index (χ2v) is 4.41. The highest BCUT2D eigenvalue weighted by Crippen LogP contribution is 2.26. The third kappa shape index (κ3) is 1.43. The van der Waals surface area contributed by atoms with Crippen molar-refractivity contribution in [3.63, 3.8) is 0 Å². The van der Waals surface area contributed by atoms with Crippen LogP contribution in [0.5, 0.6) is 0 Å². The van der Waals surface area contributed by atoms with Crippen molar-refractivity contribution >= 4 is 23.1 Å². The Labute approximate surface area is 99.6 Å². The number of rotatable bonds is 2. The van der Waals surface area contributed by atoms with Gasteiger partial charge < -0.3 is 10.1 Å². The van der Waals surface area contributed by atoms with Crippen LogP contribution in [0.3, 0.4) is 0 Å². The fraction of sp³-hybridized carbons (Fsp3) is 0.100. The molecule has 0 fully saturated rings. The molecular formula is C10H8N4O2S. The topological polar surface area (TPSA) is 83.3 Å². The van der Waals surface area contributed by atoms with Gasteiger partial charge in [-0.05, 0) is 6.92 Å². The van der Waals surface area contributed by atoms with Gasteiger partial charge >= 0.3 is 5.97 Å². The third-order valence-corrected chi connectivity index (χ3v) is 3.40. The molecule has 0 aliphatic heterocycles. The molecule has 0 bridgehead atoms. The second kappa shape index (κ2) is 3.42. The highest BCUT2D eigenvalue weighted by Gasteiger charge is 2.15. The monoisotopic (exact) mass is 248 g/mol. The Morgan fingerprint density at radius 2 is 2.41 bits per heavy atom. The number of nitrogens with zero attached hydrogens (tertiary/aromatic N) is 3. The van der Waals surface area contributed by atoms with Gasteiger partial charge in [0.15, 0.2) is 5.69 Å². The molecule has 0 radical (unpaired) electrons. The van der Waals surface area contributed by atoms with E-state index in [4.69, 9.17) is 5.11 Å². The van der Waals surface area contributed by atoms with Crippen molar-refractivity contribution in [1.29, 1.82) is 0 Å². The van der Waals surface area contributed by atoms with Crippen molar-refractivity contribution in [2.24, 2.45) is 0 Å². The van der Waals surface area contributed by atoms with Crippen molar-refractivity contribution in [3.05, 3.63) is 29.2 Å². The zero-order valence-electron chi connectivity index (χ0n) is 8.84. The maximum atomic E-state index is 10.8. The molecule has 7 heteroatoms. The largest absolute Gasteiger partial charge is 0.476 e. The van der Waals surface area contributed by atoms with Crippen LogP contribution in [0.15, 0.2) is 17.8 Å². The van der Waals surface area contributed by atoms with E-state index in [1.165, 1.54) is 16.7 Å². The Balaban J connectivity index is 2.16. The van der Waals surface area contributed by atoms with E-state index in [2.05, 4.69) is 15.0 Å². The van der Waals surface area contributed by atoms with Gasteiger partial charge in [-0.1, -0.05) is 0 Å². The predicted molar refractivity (Wildman–Crippen MR) is 62.3 cm³/mol. The lowest BCUT2D eigenvalue weighted by Crippen LogP contribution is -1.95. The molecular weight excluding hydrogens is 240 g/mol. The third-order valence-electron chi connectivity index (χ3n) is 2.54. The zero-order chi connectivity index (χ0) is 12.0. The van der Waals surface area contributed by atoms with E-state index in [1.54, 1.807) is 6.20 Å². The van der Waals surface area contributed by atoms with Crippen LogP contribution in [-0.2, 0) is 0 Å². The van der Waals surface area contributed by atoms with E-state index in [9.17, 15) is 4.79 Å². The zero-order valence-corrected chi connectivity index (χ0v) is 9.65. The van der Waals surface area contributed by atoms with Gasteiger partial charge in [0.05, 0.1) is 5.69 Å². The summed E-state index contributed by atoms with van der Waals surface area (Å²) in [5.41, 5.74) is 1.84. The van der Waals surface area contributed by atoms with E-state index in [-0.39, 0.29) is 5.69 Å². The number of carbonyl (C=O) groups is 1. The van der Waals surface area contributed by atoms with E-state index < -0.39 is 5.97 Å². The summed E-state index contributed by atoms with van der Waals surface area (Å²) in [5, 5.41) is 11.0. The number of aromatic amines is 1. The molecule has 6 nitrogen and oxygen atoms in total. The second-order valence-electron chi connectivity index (χ2n) is 3.55. The van der Waals surface area contributed by atoms with Crippen LogP contribution in [0.1, 0.15) is 16.2 Å². The van der Waals surface area contributed by atoms with Gasteiger partial charge in [0.2, 0.25) is 5.78 Å². The Morgan fingerprint density at radius 1 is 1.59 bits per heavy atom. The molecule has 3 rings (SSSR count). The molecule has 17 heavy (non-hydrogen) atoms. The first-order valence-corrected chi connectivity index (χ1v) is 5.75. The number of hydrogen-bond donors (Lipinski definition) is 2. The number of hydrogen-bond acceptors (Lipinski definition) is 4. The molecule has 0 atom stereocenters. The van der Waals surface area contributed by atoms with Crippen molar-refractivity contribution in [2.45, 2.75) is 6.92 Å². The first-order valence-electron chi connectivity index (χ1n) is 4.87. The number of fused-ring (bicyclic) bond motifs is 1. The van der Waals surface area contributed by atoms with Gasteiger partial charge in [0.25, 0.3) is 0 Å². The molecule has 2 N–H and O–H groups in total. The Morgan fingerprint density at radius 3 is 3.06 bits per heavy atom. The average Bonchev–Trinajstić information content (AvgIpc) is 2.95. The van der Waals surface area contributed by atoms with Crippen molar-refractivity contribution in [1.82, 2.24) is 19.4 Å². The number of aromatic nitrogens is 4. The lowest BCUT2D eigenvalue weighted by molar-refractivity contribution is 0.0691. The summed E-state index contributed by atoms with van der Waals surface area (Å²) in [7, 11) is 0. The minimum atomic E-state index is -1.01. The van der Waals surface area contributed by atoms with Gasteiger partial charge in [-0.3, -0.25) is 4.40 Å². The van der Waals surface area contributed by atoms with E-state index in [1.807, 2.05) is 17.5 Å². The quantitative estimate of drug-likeness (QED) is 0.724. The Hall–Kier alpha value is -2.15. The summed E-state index contributed by atoms with van der Waals surface area (Å²) in [6.45, 7) is 1.93. The highest BCUT2D eigenvalue weighted by atomic mass is 32.1. The van der Waals surface area contributed by atoms with Crippen LogP contribution in [0.2, 0.25) is 0 Å². The van der Waals surface area contributed by atoms with Gasteiger partial charge in [0, 0.05) is 23.5 Å². The van der Waals surface area contributed by atoms with Crippen molar-refractivity contribution < 1.29 is 9.90 Å². The fourth-order valence-corrected chi connectivity index (χ4v) is 2.53. The van der Waals surface area contributed by atoms with Gasteiger partial charge in [-0.2, -0.15) is 0 Å².